The van der Waals surface area contributed by atoms with Crippen LogP contribution in [0.25, 0.3) is 0 Å². The van der Waals surface area contributed by atoms with Crippen molar-refractivity contribution in [2.24, 2.45) is 0 Å². The third-order valence-corrected chi connectivity index (χ3v) is 2.43. The summed E-state index contributed by atoms with van der Waals surface area (Å²) in [6.07, 6.45) is 3.20. The van der Waals surface area contributed by atoms with Gasteiger partial charge in [-0.15, -0.1) is 0 Å². The van der Waals surface area contributed by atoms with Crippen LogP contribution in [0.1, 0.15) is 25.7 Å². The third-order valence-electron chi connectivity index (χ3n) is 2.43. The van der Waals surface area contributed by atoms with Crippen molar-refractivity contribution in [3.05, 3.63) is 0 Å². The van der Waals surface area contributed by atoms with Crippen LogP contribution in [0.4, 0.5) is 0 Å². The molecule has 1 spiro atoms. The lowest BCUT2D eigenvalue weighted by Gasteiger charge is -2.35. The lowest BCUT2D eigenvalue weighted by molar-refractivity contribution is -0.247. The van der Waals surface area contributed by atoms with Crippen molar-refractivity contribution in [3.8, 4) is 0 Å². The maximum Gasteiger partial charge on any atom is 0.170 e. The fourth-order valence-corrected chi connectivity index (χ4v) is 1.85. The zero-order valence-electron chi connectivity index (χ0n) is 6.58. The van der Waals surface area contributed by atoms with E-state index in [4.69, 9.17) is 9.47 Å². The van der Waals surface area contributed by atoms with Crippen molar-refractivity contribution in [1.82, 2.24) is 0 Å². The first-order valence-corrected chi connectivity index (χ1v) is 4.27. The molecule has 0 radical (unpaired) electrons. The molecule has 0 saturated carbocycles. The van der Waals surface area contributed by atoms with E-state index in [1.807, 2.05) is 0 Å². The molecule has 2 atom stereocenters. The molecule has 0 bridgehead atoms. The fraction of sp³-hybridized carbons (Fsp3) is 1.00. The van der Waals surface area contributed by atoms with Gasteiger partial charge in [0.25, 0.3) is 0 Å². The Balaban J connectivity index is 2.00. The number of hydrogen-bond acceptors (Lipinski definition) is 3. The van der Waals surface area contributed by atoms with Gasteiger partial charge in [0.1, 0.15) is 0 Å². The van der Waals surface area contributed by atoms with Gasteiger partial charge in [0.05, 0.1) is 19.3 Å². The monoisotopic (exact) mass is 158 g/mol. The standard InChI is InChI=1S/C8H14O3/c9-7-2-5-11-8(6-7)3-1-4-10-8/h7,9H,1-6H2. The predicted octanol–water partition coefficient (Wildman–Crippen LogP) is 0.664. The Morgan fingerprint density at radius 3 is 2.73 bits per heavy atom. The number of hydrogen-bond donors (Lipinski definition) is 1. The SMILES string of the molecule is OC1CCOC2(CCCO2)C1. The minimum Gasteiger partial charge on any atom is -0.393 e. The van der Waals surface area contributed by atoms with Gasteiger partial charge in [-0.1, -0.05) is 0 Å². The molecule has 2 saturated heterocycles. The number of aliphatic hydroxyl groups is 1. The Morgan fingerprint density at radius 1 is 1.27 bits per heavy atom. The van der Waals surface area contributed by atoms with E-state index in [0.717, 1.165) is 25.9 Å². The first-order valence-electron chi connectivity index (χ1n) is 4.27. The number of rotatable bonds is 0. The molecular formula is C8H14O3. The second kappa shape index (κ2) is 2.73. The smallest absolute Gasteiger partial charge is 0.170 e. The van der Waals surface area contributed by atoms with Gasteiger partial charge in [0, 0.05) is 12.8 Å². The van der Waals surface area contributed by atoms with Gasteiger partial charge in [-0.05, 0) is 12.8 Å². The van der Waals surface area contributed by atoms with E-state index in [9.17, 15) is 5.11 Å². The van der Waals surface area contributed by atoms with Crippen LogP contribution in [0.5, 0.6) is 0 Å². The van der Waals surface area contributed by atoms with Gasteiger partial charge in [-0.3, -0.25) is 0 Å². The molecule has 0 aromatic rings. The molecule has 3 nitrogen and oxygen atoms in total. The highest BCUT2D eigenvalue weighted by molar-refractivity contribution is 4.82. The van der Waals surface area contributed by atoms with E-state index in [1.54, 1.807) is 0 Å². The van der Waals surface area contributed by atoms with Gasteiger partial charge in [-0.2, -0.15) is 0 Å². The molecule has 3 heteroatoms. The van der Waals surface area contributed by atoms with Crippen molar-refractivity contribution in [2.75, 3.05) is 13.2 Å². The summed E-state index contributed by atoms with van der Waals surface area (Å²) in [5.74, 6) is -0.405. The van der Waals surface area contributed by atoms with Crippen LogP contribution in [-0.2, 0) is 9.47 Å². The normalized spacial score (nSPS) is 45.0. The Kier molecular flexibility index (Phi) is 1.87. The summed E-state index contributed by atoms with van der Waals surface area (Å²) in [5.41, 5.74) is 0. The lowest BCUT2D eigenvalue weighted by Crippen LogP contribution is -2.41. The zero-order valence-corrected chi connectivity index (χ0v) is 6.58. The van der Waals surface area contributed by atoms with Crippen LogP contribution in [0.3, 0.4) is 0 Å². The second-order valence-corrected chi connectivity index (χ2v) is 3.36. The minimum atomic E-state index is -0.405. The Hall–Kier alpha value is -0.120. The van der Waals surface area contributed by atoms with Gasteiger partial charge >= 0.3 is 0 Å². The summed E-state index contributed by atoms with van der Waals surface area (Å²) in [5, 5.41) is 9.37. The van der Waals surface area contributed by atoms with Crippen LogP contribution in [0.15, 0.2) is 0 Å². The molecule has 2 unspecified atom stereocenters. The van der Waals surface area contributed by atoms with Crippen molar-refractivity contribution in [3.63, 3.8) is 0 Å². The van der Waals surface area contributed by atoms with Crippen molar-refractivity contribution >= 4 is 0 Å². The first kappa shape index (κ1) is 7.53. The highest BCUT2D eigenvalue weighted by atomic mass is 16.7. The van der Waals surface area contributed by atoms with Crippen molar-refractivity contribution in [2.45, 2.75) is 37.6 Å². The van der Waals surface area contributed by atoms with Gasteiger partial charge in [0.15, 0.2) is 5.79 Å². The fourth-order valence-electron chi connectivity index (χ4n) is 1.85. The van der Waals surface area contributed by atoms with Gasteiger partial charge in [0.2, 0.25) is 0 Å². The van der Waals surface area contributed by atoms with E-state index in [1.165, 1.54) is 0 Å². The van der Waals surface area contributed by atoms with Crippen LogP contribution in [0, 0.1) is 0 Å². The highest BCUT2D eigenvalue weighted by Gasteiger charge is 2.40. The Labute approximate surface area is 66.3 Å². The quantitative estimate of drug-likeness (QED) is 0.563. The summed E-state index contributed by atoms with van der Waals surface area (Å²) in [7, 11) is 0. The zero-order chi connectivity index (χ0) is 7.73. The highest BCUT2D eigenvalue weighted by Crippen LogP contribution is 2.35. The van der Waals surface area contributed by atoms with E-state index in [-0.39, 0.29) is 6.10 Å². The molecule has 0 aliphatic carbocycles. The van der Waals surface area contributed by atoms with E-state index >= 15 is 0 Å². The summed E-state index contributed by atoms with van der Waals surface area (Å²) >= 11 is 0. The van der Waals surface area contributed by atoms with Crippen molar-refractivity contribution < 1.29 is 14.6 Å². The topological polar surface area (TPSA) is 38.7 Å². The lowest BCUT2D eigenvalue weighted by atomic mass is 10.0. The molecule has 64 valence electrons. The van der Waals surface area contributed by atoms with Crippen LogP contribution >= 0.6 is 0 Å². The summed E-state index contributed by atoms with van der Waals surface area (Å²) in [6, 6.07) is 0. The van der Waals surface area contributed by atoms with Crippen LogP contribution < -0.4 is 0 Å². The Morgan fingerprint density at radius 2 is 2.09 bits per heavy atom. The van der Waals surface area contributed by atoms with E-state index < -0.39 is 5.79 Å². The Bertz CT molecular complexity index is 140. The van der Waals surface area contributed by atoms with Crippen LogP contribution in [0.2, 0.25) is 0 Å². The molecule has 1 N–H and O–H groups in total. The molecule has 2 aliphatic rings. The summed E-state index contributed by atoms with van der Waals surface area (Å²) < 4.78 is 11.0. The molecule has 2 aliphatic heterocycles. The predicted molar refractivity (Wildman–Crippen MR) is 39.1 cm³/mol. The molecule has 2 fully saturated rings. The molecule has 0 aromatic carbocycles. The van der Waals surface area contributed by atoms with E-state index in [2.05, 4.69) is 0 Å². The first-order chi connectivity index (χ1) is 5.31. The number of ether oxygens (including phenoxy) is 2. The largest absolute Gasteiger partial charge is 0.393 e. The average molecular weight is 158 g/mol. The maximum atomic E-state index is 9.37. The molecule has 0 amide bonds. The minimum absolute atomic E-state index is 0.221. The molecule has 2 heterocycles. The molecule has 11 heavy (non-hydrogen) atoms. The third kappa shape index (κ3) is 1.41. The van der Waals surface area contributed by atoms with Gasteiger partial charge in [-0.25, -0.2) is 0 Å². The number of aliphatic hydroxyl groups excluding tert-OH is 1. The molecular weight excluding hydrogens is 144 g/mol. The molecule has 2 rings (SSSR count). The van der Waals surface area contributed by atoms with Crippen LogP contribution in [-0.4, -0.2) is 30.2 Å². The summed E-state index contributed by atoms with van der Waals surface area (Å²) in [6.45, 7) is 1.42. The summed E-state index contributed by atoms with van der Waals surface area (Å²) in [4.78, 5) is 0. The second-order valence-electron chi connectivity index (χ2n) is 3.36. The maximum absolute atomic E-state index is 9.37. The van der Waals surface area contributed by atoms with Crippen molar-refractivity contribution in [1.29, 1.82) is 0 Å². The molecule has 0 aromatic heterocycles. The van der Waals surface area contributed by atoms with Gasteiger partial charge < -0.3 is 14.6 Å². The average Bonchev–Trinajstić information content (AvgIpc) is 2.37. The van der Waals surface area contributed by atoms with E-state index in [0.29, 0.717) is 13.0 Å².